The Labute approximate surface area is 109 Å². The lowest BCUT2D eigenvalue weighted by molar-refractivity contribution is 0.368. The molecule has 1 atom stereocenters. The molecule has 0 bridgehead atoms. The van der Waals surface area contributed by atoms with Gasteiger partial charge < -0.3 is 0 Å². The third-order valence-corrected chi connectivity index (χ3v) is 3.99. The van der Waals surface area contributed by atoms with Gasteiger partial charge in [-0.15, -0.1) is 6.58 Å². The molecule has 0 saturated carbocycles. The van der Waals surface area contributed by atoms with E-state index in [1.165, 1.54) is 5.56 Å². The minimum atomic E-state index is 0.400. The minimum absolute atomic E-state index is 0.400. The first-order valence-electron chi connectivity index (χ1n) is 4.91. The third kappa shape index (κ3) is 2.34. The van der Waals surface area contributed by atoms with Crippen LogP contribution in [0.3, 0.4) is 0 Å². The van der Waals surface area contributed by atoms with Crippen molar-refractivity contribution in [1.29, 1.82) is 0 Å². The first-order chi connectivity index (χ1) is 7.22. The van der Waals surface area contributed by atoms with Crippen molar-refractivity contribution in [2.75, 3.05) is 6.54 Å². The van der Waals surface area contributed by atoms with Crippen molar-refractivity contribution in [3.05, 3.63) is 41.2 Å². The van der Waals surface area contributed by atoms with Crippen LogP contribution >= 0.6 is 34.5 Å². The number of hydrogen-bond acceptors (Lipinski definition) is 2. The molecule has 0 radical (unpaired) electrons. The molecule has 0 N–H and O–H groups in total. The summed E-state index contributed by atoms with van der Waals surface area (Å²) in [6.07, 6.45) is 3.89. The Kier molecular flexibility index (Phi) is 3.64. The van der Waals surface area contributed by atoms with Crippen LogP contribution in [0.15, 0.2) is 24.8 Å². The monoisotopic (exact) mass is 334 g/mol. The highest BCUT2D eigenvalue weighted by molar-refractivity contribution is 14.1. The maximum Gasteiger partial charge on any atom is 0.129 e. The van der Waals surface area contributed by atoms with Gasteiger partial charge in [-0.1, -0.05) is 23.7 Å². The van der Waals surface area contributed by atoms with Gasteiger partial charge in [-0.2, -0.15) is 0 Å². The molecule has 2 rings (SSSR count). The Morgan fingerprint density at radius 2 is 2.47 bits per heavy atom. The van der Waals surface area contributed by atoms with Crippen molar-refractivity contribution >= 4 is 34.5 Å². The minimum Gasteiger partial charge on any atom is -0.241 e. The van der Waals surface area contributed by atoms with Gasteiger partial charge in [-0.25, -0.2) is 8.10 Å². The number of fused-ring (bicyclic) bond motifs is 1. The summed E-state index contributed by atoms with van der Waals surface area (Å²) >= 11 is 8.26. The van der Waals surface area contributed by atoms with Crippen LogP contribution in [-0.4, -0.2) is 14.6 Å². The van der Waals surface area contributed by atoms with Gasteiger partial charge >= 0.3 is 0 Å². The topological polar surface area (TPSA) is 16.1 Å². The van der Waals surface area contributed by atoms with E-state index in [4.69, 9.17) is 11.6 Å². The maximum atomic E-state index is 5.89. The van der Waals surface area contributed by atoms with Gasteiger partial charge in [0.2, 0.25) is 0 Å². The Bertz CT molecular complexity index is 381. The number of halogens is 2. The second-order valence-corrected chi connectivity index (χ2v) is 5.21. The van der Waals surface area contributed by atoms with Crippen LogP contribution in [0.25, 0.3) is 0 Å². The zero-order chi connectivity index (χ0) is 10.8. The standard InChI is InChI=1S/C11H12ClIN2/c1-2-3-10-8-4-5-11(12)14-9(8)6-7-15(10)13/h2,4-5,10H,1,3,6-7H2. The summed E-state index contributed by atoms with van der Waals surface area (Å²) < 4.78 is 2.32. The van der Waals surface area contributed by atoms with Gasteiger partial charge in [-0.3, -0.25) is 0 Å². The van der Waals surface area contributed by atoms with E-state index in [-0.39, 0.29) is 0 Å². The zero-order valence-corrected chi connectivity index (χ0v) is 11.2. The van der Waals surface area contributed by atoms with Crippen LogP contribution in [-0.2, 0) is 6.42 Å². The quantitative estimate of drug-likeness (QED) is 0.356. The average Bonchev–Trinajstić information content (AvgIpc) is 2.22. The van der Waals surface area contributed by atoms with E-state index in [1.54, 1.807) is 0 Å². The van der Waals surface area contributed by atoms with Crippen LogP contribution in [0, 0.1) is 0 Å². The highest BCUT2D eigenvalue weighted by Gasteiger charge is 2.25. The Hall–Kier alpha value is -0.130. The van der Waals surface area contributed by atoms with E-state index in [2.05, 4.69) is 43.6 Å². The molecule has 0 amide bonds. The van der Waals surface area contributed by atoms with Crippen LogP contribution in [0.5, 0.6) is 0 Å². The largest absolute Gasteiger partial charge is 0.241 e. The summed E-state index contributed by atoms with van der Waals surface area (Å²) in [7, 11) is 0. The molecule has 2 nitrogen and oxygen atoms in total. The molecule has 4 heteroatoms. The lowest BCUT2D eigenvalue weighted by Crippen LogP contribution is -2.28. The van der Waals surface area contributed by atoms with Crippen molar-refractivity contribution in [3.63, 3.8) is 0 Å². The molecule has 0 saturated heterocycles. The number of aromatic nitrogens is 1. The van der Waals surface area contributed by atoms with E-state index in [0.717, 1.165) is 25.1 Å². The van der Waals surface area contributed by atoms with Gasteiger partial charge in [0.25, 0.3) is 0 Å². The number of rotatable bonds is 2. The van der Waals surface area contributed by atoms with E-state index in [1.807, 2.05) is 12.1 Å². The number of pyridine rings is 1. The molecule has 1 aliphatic rings. The predicted octanol–water partition coefficient (Wildman–Crippen LogP) is 3.56. The maximum absolute atomic E-state index is 5.89. The lowest BCUT2D eigenvalue weighted by atomic mass is 9.97. The molecular weight excluding hydrogens is 322 g/mol. The Morgan fingerprint density at radius 3 is 3.20 bits per heavy atom. The first kappa shape index (κ1) is 11.4. The molecule has 80 valence electrons. The van der Waals surface area contributed by atoms with Crippen LogP contribution in [0.2, 0.25) is 5.15 Å². The summed E-state index contributed by atoms with van der Waals surface area (Å²) in [5, 5.41) is 0.591. The molecule has 1 aromatic heterocycles. The van der Waals surface area contributed by atoms with Crippen LogP contribution in [0.1, 0.15) is 23.7 Å². The number of hydrogen-bond donors (Lipinski definition) is 0. The van der Waals surface area contributed by atoms with Gasteiger partial charge in [-0.05, 0) is 18.1 Å². The summed E-state index contributed by atoms with van der Waals surface area (Å²) in [5.74, 6) is 0. The molecule has 15 heavy (non-hydrogen) atoms. The first-order valence-corrected chi connectivity index (χ1v) is 6.25. The summed E-state index contributed by atoms with van der Waals surface area (Å²) in [6, 6.07) is 4.35. The Morgan fingerprint density at radius 1 is 1.67 bits per heavy atom. The fraction of sp³-hybridized carbons (Fsp3) is 0.364. The molecule has 2 heterocycles. The van der Waals surface area contributed by atoms with Crippen LogP contribution < -0.4 is 0 Å². The number of nitrogens with zero attached hydrogens (tertiary/aromatic N) is 2. The smallest absolute Gasteiger partial charge is 0.129 e. The van der Waals surface area contributed by atoms with Crippen molar-refractivity contribution in [2.24, 2.45) is 0 Å². The summed E-state index contributed by atoms with van der Waals surface area (Å²) in [6.45, 7) is 4.83. The van der Waals surface area contributed by atoms with Crippen molar-refractivity contribution < 1.29 is 0 Å². The molecule has 1 aromatic rings. The van der Waals surface area contributed by atoms with Gasteiger partial charge in [0.05, 0.1) is 0 Å². The average molecular weight is 335 g/mol. The summed E-state index contributed by atoms with van der Waals surface area (Å²) in [5.41, 5.74) is 2.43. The molecule has 0 spiro atoms. The molecule has 1 unspecified atom stereocenters. The second kappa shape index (κ2) is 4.80. The molecule has 0 aliphatic carbocycles. The van der Waals surface area contributed by atoms with E-state index in [0.29, 0.717) is 11.2 Å². The lowest BCUT2D eigenvalue weighted by Gasteiger charge is -2.31. The van der Waals surface area contributed by atoms with E-state index < -0.39 is 0 Å². The van der Waals surface area contributed by atoms with Crippen LogP contribution in [0.4, 0.5) is 0 Å². The van der Waals surface area contributed by atoms with Gasteiger partial charge in [0, 0.05) is 47.6 Å². The van der Waals surface area contributed by atoms with Crippen molar-refractivity contribution in [3.8, 4) is 0 Å². The van der Waals surface area contributed by atoms with E-state index in [9.17, 15) is 0 Å². The SMILES string of the molecule is C=CCC1c2ccc(Cl)nc2CCN1I. The molecule has 0 fully saturated rings. The highest BCUT2D eigenvalue weighted by Crippen LogP contribution is 2.34. The predicted molar refractivity (Wildman–Crippen MR) is 71.2 cm³/mol. The Balaban J connectivity index is 2.38. The molecular formula is C11H12ClIN2. The zero-order valence-electron chi connectivity index (χ0n) is 8.29. The van der Waals surface area contributed by atoms with Crippen molar-refractivity contribution in [1.82, 2.24) is 8.10 Å². The highest BCUT2D eigenvalue weighted by atomic mass is 127. The second-order valence-electron chi connectivity index (χ2n) is 3.58. The fourth-order valence-electron chi connectivity index (χ4n) is 1.91. The fourth-order valence-corrected chi connectivity index (χ4v) is 2.84. The molecule has 1 aliphatic heterocycles. The third-order valence-electron chi connectivity index (χ3n) is 2.62. The normalized spacial score (nSPS) is 21.1. The van der Waals surface area contributed by atoms with Crippen molar-refractivity contribution in [2.45, 2.75) is 18.9 Å². The van der Waals surface area contributed by atoms with Gasteiger partial charge in [0.15, 0.2) is 0 Å². The van der Waals surface area contributed by atoms with Gasteiger partial charge in [0.1, 0.15) is 5.15 Å². The summed E-state index contributed by atoms with van der Waals surface area (Å²) in [4.78, 5) is 4.38. The molecule has 0 aromatic carbocycles. The van der Waals surface area contributed by atoms with E-state index >= 15 is 0 Å².